The van der Waals surface area contributed by atoms with Gasteiger partial charge in [0, 0.05) is 6.04 Å². The molecule has 1 aromatic carbocycles. The van der Waals surface area contributed by atoms with Gasteiger partial charge in [-0.2, -0.15) is 0 Å². The van der Waals surface area contributed by atoms with E-state index in [-0.39, 0.29) is 5.92 Å². The molecule has 1 saturated heterocycles. The Labute approximate surface area is 122 Å². The molecule has 0 spiro atoms. The molecule has 20 heavy (non-hydrogen) atoms. The van der Waals surface area contributed by atoms with Crippen molar-refractivity contribution >= 4 is 9.84 Å². The second kappa shape index (κ2) is 6.72. The van der Waals surface area contributed by atoms with Crippen LogP contribution in [0.3, 0.4) is 0 Å². The fraction of sp³-hybridized carbons (Fsp3) is 0.625. The van der Waals surface area contributed by atoms with Crippen LogP contribution >= 0.6 is 0 Å². The Morgan fingerprint density at radius 3 is 2.45 bits per heavy atom. The van der Waals surface area contributed by atoms with E-state index in [2.05, 4.69) is 43.4 Å². The zero-order chi connectivity index (χ0) is 14.6. The van der Waals surface area contributed by atoms with E-state index in [1.165, 1.54) is 11.1 Å². The molecule has 1 heterocycles. The molecular weight excluding hydrogens is 270 g/mol. The first kappa shape index (κ1) is 15.5. The highest BCUT2D eigenvalue weighted by molar-refractivity contribution is 7.91. The van der Waals surface area contributed by atoms with E-state index in [9.17, 15) is 8.42 Å². The summed E-state index contributed by atoms with van der Waals surface area (Å²) in [6.07, 6.45) is 2.88. The minimum atomic E-state index is -2.76. The maximum atomic E-state index is 11.5. The molecule has 1 N–H and O–H groups in total. The van der Waals surface area contributed by atoms with Crippen molar-refractivity contribution < 1.29 is 8.42 Å². The Kier molecular flexibility index (Phi) is 5.22. The quantitative estimate of drug-likeness (QED) is 0.878. The lowest BCUT2D eigenvalue weighted by molar-refractivity contribution is 0.450. The van der Waals surface area contributed by atoms with Crippen molar-refractivity contribution in [2.75, 3.05) is 18.1 Å². The molecule has 0 saturated carbocycles. The molecule has 0 amide bonds. The molecule has 1 aliphatic rings. The predicted molar refractivity (Wildman–Crippen MR) is 83.6 cm³/mol. The summed E-state index contributed by atoms with van der Waals surface area (Å²) < 4.78 is 22.9. The molecule has 4 heteroatoms. The second-order valence-electron chi connectivity index (χ2n) is 5.73. The first-order valence-electron chi connectivity index (χ1n) is 7.56. The SMILES string of the molecule is CCc1ccc(C(CC)NCC2CCS(=O)(=O)C2)cc1. The van der Waals surface area contributed by atoms with Gasteiger partial charge in [-0.15, -0.1) is 0 Å². The predicted octanol–water partition coefficient (Wildman–Crippen LogP) is 2.72. The van der Waals surface area contributed by atoms with Gasteiger partial charge in [0.1, 0.15) is 0 Å². The van der Waals surface area contributed by atoms with Crippen LogP contribution in [-0.4, -0.2) is 26.5 Å². The van der Waals surface area contributed by atoms with Gasteiger partial charge >= 0.3 is 0 Å². The van der Waals surface area contributed by atoms with Gasteiger partial charge in [0.2, 0.25) is 0 Å². The van der Waals surface area contributed by atoms with Gasteiger partial charge in [-0.25, -0.2) is 8.42 Å². The standard InChI is InChI=1S/C16H25NO2S/c1-3-13-5-7-15(8-6-13)16(4-2)17-11-14-9-10-20(18,19)12-14/h5-8,14,16-17H,3-4,9-12H2,1-2H3. The molecule has 2 atom stereocenters. The maximum Gasteiger partial charge on any atom is 0.150 e. The van der Waals surface area contributed by atoms with Crippen molar-refractivity contribution in [2.45, 2.75) is 39.2 Å². The first-order valence-corrected chi connectivity index (χ1v) is 9.39. The average molecular weight is 295 g/mol. The molecule has 0 aromatic heterocycles. The van der Waals surface area contributed by atoms with E-state index in [0.29, 0.717) is 17.5 Å². The molecule has 0 bridgehead atoms. The number of nitrogens with one attached hydrogen (secondary N) is 1. The third-order valence-electron chi connectivity index (χ3n) is 4.18. The summed E-state index contributed by atoms with van der Waals surface area (Å²) in [5.74, 6) is 0.996. The van der Waals surface area contributed by atoms with E-state index in [4.69, 9.17) is 0 Å². The lowest BCUT2D eigenvalue weighted by Crippen LogP contribution is -2.27. The van der Waals surface area contributed by atoms with Crippen molar-refractivity contribution in [3.05, 3.63) is 35.4 Å². The zero-order valence-electron chi connectivity index (χ0n) is 12.4. The number of rotatable bonds is 6. The van der Waals surface area contributed by atoms with Crippen LogP contribution in [0.25, 0.3) is 0 Å². The fourth-order valence-corrected chi connectivity index (χ4v) is 4.69. The summed E-state index contributed by atoms with van der Waals surface area (Å²) in [4.78, 5) is 0. The average Bonchev–Trinajstić information content (AvgIpc) is 2.79. The highest BCUT2D eigenvalue weighted by Gasteiger charge is 2.27. The van der Waals surface area contributed by atoms with Crippen LogP contribution in [0.5, 0.6) is 0 Å². The van der Waals surface area contributed by atoms with E-state index in [1.807, 2.05) is 0 Å². The van der Waals surface area contributed by atoms with Crippen molar-refractivity contribution in [3.8, 4) is 0 Å². The van der Waals surface area contributed by atoms with Gasteiger partial charge in [0.15, 0.2) is 9.84 Å². The van der Waals surface area contributed by atoms with Gasteiger partial charge in [-0.05, 0) is 42.9 Å². The molecule has 1 aromatic rings. The minimum absolute atomic E-state index is 0.281. The van der Waals surface area contributed by atoms with Gasteiger partial charge in [0.25, 0.3) is 0 Å². The third-order valence-corrected chi connectivity index (χ3v) is 6.02. The van der Waals surface area contributed by atoms with Gasteiger partial charge in [-0.3, -0.25) is 0 Å². The number of hydrogen-bond donors (Lipinski definition) is 1. The molecule has 3 nitrogen and oxygen atoms in total. The van der Waals surface area contributed by atoms with Crippen LogP contribution in [0.1, 0.15) is 43.9 Å². The minimum Gasteiger partial charge on any atom is -0.310 e. The van der Waals surface area contributed by atoms with Crippen LogP contribution in [0.15, 0.2) is 24.3 Å². The molecule has 0 radical (unpaired) electrons. The summed E-state index contributed by atoms with van der Waals surface area (Å²) in [7, 11) is -2.76. The molecule has 2 rings (SSSR count). The van der Waals surface area contributed by atoms with Crippen molar-refractivity contribution in [1.29, 1.82) is 0 Å². The molecular formula is C16H25NO2S. The smallest absolute Gasteiger partial charge is 0.150 e. The Morgan fingerprint density at radius 1 is 1.25 bits per heavy atom. The molecule has 1 aliphatic heterocycles. The van der Waals surface area contributed by atoms with Crippen molar-refractivity contribution in [3.63, 3.8) is 0 Å². The number of hydrogen-bond acceptors (Lipinski definition) is 3. The number of aryl methyl sites for hydroxylation is 1. The van der Waals surface area contributed by atoms with Crippen LogP contribution in [0, 0.1) is 5.92 Å². The molecule has 2 unspecified atom stereocenters. The van der Waals surface area contributed by atoms with E-state index in [0.717, 1.165) is 25.8 Å². The Hall–Kier alpha value is -0.870. The maximum absolute atomic E-state index is 11.5. The van der Waals surface area contributed by atoms with E-state index < -0.39 is 9.84 Å². The molecule has 0 aliphatic carbocycles. The highest BCUT2D eigenvalue weighted by Crippen LogP contribution is 2.21. The lowest BCUT2D eigenvalue weighted by atomic mass is 10.0. The number of benzene rings is 1. The summed E-state index contributed by atoms with van der Waals surface area (Å²) >= 11 is 0. The summed E-state index contributed by atoms with van der Waals surface area (Å²) in [5, 5.41) is 3.54. The van der Waals surface area contributed by atoms with E-state index in [1.54, 1.807) is 0 Å². The summed E-state index contributed by atoms with van der Waals surface area (Å²) in [6.45, 7) is 5.12. The van der Waals surface area contributed by atoms with Gasteiger partial charge < -0.3 is 5.32 Å². The largest absolute Gasteiger partial charge is 0.310 e. The topological polar surface area (TPSA) is 46.2 Å². The molecule has 1 fully saturated rings. The lowest BCUT2D eigenvalue weighted by Gasteiger charge is -2.20. The van der Waals surface area contributed by atoms with Crippen molar-refractivity contribution in [2.24, 2.45) is 5.92 Å². The molecule has 112 valence electrons. The first-order chi connectivity index (χ1) is 9.54. The zero-order valence-corrected chi connectivity index (χ0v) is 13.2. The van der Waals surface area contributed by atoms with Crippen LogP contribution < -0.4 is 5.32 Å². The summed E-state index contributed by atoms with van der Waals surface area (Å²) in [6, 6.07) is 9.06. The van der Waals surface area contributed by atoms with Crippen LogP contribution in [0.4, 0.5) is 0 Å². The third kappa shape index (κ3) is 4.06. The van der Waals surface area contributed by atoms with E-state index >= 15 is 0 Å². The normalized spacial score (nSPS) is 22.8. The number of sulfone groups is 1. The van der Waals surface area contributed by atoms with Crippen LogP contribution in [0.2, 0.25) is 0 Å². The van der Waals surface area contributed by atoms with Crippen LogP contribution in [-0.2, 0) is 16.3 Å². The summed E-state index contributed by atoms with van der Waals surface area (Å²) in [5.41, 5.74) is 2.65. The Bertz CT molecular complexity index is 522. The van der Waals surface area contributed by atoms with Gasteiger partial charge in [0.05, 0.1) is 11.5 Å². The fourth-order valence-electron chi connectivity index (χ4n) is 2.83. The Morgan fingerprint density at radius 2 is 1.95 bits per heavy atom. The highest BCUT2D eigenvalue weighted by atomic mass is 32.2. The second-order valence-corrected chi connectivity index (χ2v) is 7.96. The monoisotopic (exact) mass is 295 g/mol. The van der Waals surface area contributed by atoms with Crippen molar-refractivity contribution in [1.82, 2.24) is 5.32 Å². The van der Waals surface area contributed by atoms with Gasteiger partial charge in [-0.1, -0.05) is 38.1 Å². The Balaban J connectivity index is 1.92.